The fourth-order valence-corrected chi connectivity index (χ4v) is 2.54. The zero-order valence-corrected chi connectivity index (χ0v) is 9.52. The van der Waals surface area contributed by atoms with Crippen LogP contribution >= 0.6 is 0 Å². The van der Waals surface area contributed by atoms with E-state index in [1.807, 2.05) is 18.2 Å². The number of nitrogens with two attached hydrogens (primary N) is 1. The monoisotopic (exact) mass is 219 g/mol. The van der Waals surface area contributed by atoms with E-state index in [-0.39, 0.29) is 0 Å². The topological polar surface area (TPSA) is 41.7 Å². The van der Waals surface area contributed by atoms with Gasteiger partial charge in [0.1, 0.15) is 12.4 Å². The molecule has 1 atom stereocenters. The van der Waals surface area contributed by atoms with E-state index < -0.39 is 0 Å². The van der Waals surface area contributed by atoms with Crippen molar-refractivity contribution in [3.63, 3.8) is 0 Å². The maximum atomic E-state index is 5.84. The molecule has 2 aliphatic heterocycles. The largest absolute Gasteiger partial charge is 0.489 e. The van der Waals surface area contributed by atoms with Crippen molar-refractivity contribution in [3.8, 4) is 5.75 Å². The standard InChI is InChI=1S/C12H17N3O/c1-14-4-5-15-10(7-14)8-16-12-3-2-9(13)6-11(12)15/h2-3,6,10H,4-5,7-8,13H2,1H3/t10-/m0/s1. The Hall–Kier alpha value is -1.42. The average Bonchev–Trinajstić information content (AvgIpc) is 2.28. The predicted octanol–water partition coefficient (Wildman–Crippen LogP) is 0.782. The Labute approximate surface area is 95.6 Å². The summed E-state index contributed by atoms with van der Waals surface area (Å²) in [5.41, 5.74) is 7.80. The van der Waals surface area contributed by atoms with Crippen molar-refractivity contribution in [2.45, 2.75) is 6.04 Å². The third-order valence-corrected chi connectivity index (χ3v) is 3.41. The van der Waals surface area contributed by atoms with Gasteiger partial charge >= 0.3 is 0 Å². The third-order valence-electron chi connectivity index (χ3n) is 3.41. The molecule has 2 heterocycles. The van der Waals surface area contributed by atoms with Gasteiger partial charge in [-0.25, -0.2) is 0 Å². The smallest absolute Gasteiger partial charge is 0.142 e. The molecule has 0 aromatic heterocycles. The van der Waals surface area contributed by atoms with E-state index in [2.05, 4.69) is 16.8 Å². The number of nitrogen functional groups attached to an aromatic ring is 1. The Bertz CT molecular complexity index is 407. The van der Waals surface area contributed by atoms with Crippen LogP contribution in [0.2, 0.25) is 0 Å². The van der Waals surface area contributed by atoms with Crippen molar-refractivity contribution in [1.82, 2.24) is 4.90 Å². The number of fused-ring (bicyclic) bond motifs is 3. The number of ether oxygens (including phenoxy) is 1. The highest BCUT2D eigenvalue weighted by Crippen LogP contribution is 2.36. The van der Waals surface area contributed by atoms with Crippen LogP contribution in [0.15, 0.2) is 18.2 Å². The van der Waals surface area contributed by atoms with E-state index in [9.17, 15) is 0 Å². The second-order valence-electron chi connectivity index (χ2n) is 4.65. The van der Waals surface area contributed by atoms with E-state index in [1.165, 1.54) is 0 Å². The lowest BCUT2D eigenvalue weighted by Crippen LogP contribution is -2.56. The summed E-state index contributed by atoms with van der Waals surface area (Å²) in [6.07, 6.45) is 0. The molecule has 0 bridgehead atoms. The molecular formula is C12H17N3O. The normalized spacial score (nSPS) is 24.6. The highest BCUT2D eigenvalue weighted by atomic mass is 16.5. The highest BCUT2D eigenvalue weighted by Gasteiger charge is 2.31. The van der Waals surface area contributed by atoms with Gasteiger partial charge in [-0.15, -0.1) is 0 Å². The van der Waals surface area contributed by atoms with E-state index in [0.29, 0.717) is 6.04 Å². The minimum atomic E-state index is 0.466. The van der Waals surface area contributed by atoms with Gasteiger partial charge < -0.3 is 20.3 Å². The molecule has 0 amide bonds. The van der Waals surface area contributed by atoms with E-state index in [4.69, 9.17) is 10.5 Å². The van der Waals surface area contributed by atoms with Crippen molar-refractivity contribution in [3.05, 3.63) is 18.2 Å². The molecule has 2 aliphatic rings. The van der Waals surface area contributed by atoms with Gasteiger partial charge in [-0.05, 0) is 25.2 Å². The molecule has 1 aromatic rings. The summed E-state index contributed by atoms with van der Waals surface area (Å²) in [6, 6.07) is 6.36. The fraction of sp³-hybridized carbons (Fsp3) is 0.500. The average molecular weight is 219 g/mol. The van der Waals surface area contributed by atoms with Crippen molar-refractivity contribution in [2.24, 2.45) is 0 Å². The minimum absolute atomic E-state index is 0.466. The van der Waals surface area contributed by atoms with Crippen LogP contribution < -0.4 is 15.4 Å². The van der Waals surface area contributed by atoms with Gasteiger partial charge in [0.05, 0.1) is 11.7 Å². The summed E-state index contributed by atoms with van der Waals surface area (Å²) in [5, 5.41) is 0. The maximum absolute atomic E-state index is 5.84. The molecule has 0 radical (unpaired) electrons. The number of nitrogens with zero attached hydrogens (tertiary/aromatic N) is 2. The molecule has 4 nitrogen and oxygen atoms in total. The van der Waals surface area contributed by atoms with Gasteiger partial charge in [0.15, 0.2) is 0 Å². The lowest BCUT2D eigenvalue weighted by atomic mass is 10.1. The number of likely N-dealkylation sites (N-methyl/N-ethyl adjacent to an activating group) is 1. The van der Waals surface area contributed by atoms with Gasteiger partial charge in [-0.1, -0.05) is 0 Å². The predicted molar refractivity (Wildman–Crippen MR) is 65.0 cm³/mol. The van der Waals surface area contributed by atoms with Gasteiger partial charge in [-0.2, -0.15) is 0 Å². The number of piperazine rings is 1. The lowest BCUT2D eigenvalue weighted by molar-refractivity contribution is 0.188. The van der Waals surface area contributed by atoms with E-state index in [1.54, 1.807) is 0 Å². The Morgan fingerprint density at radius 1 is 1.38 bits per heavy atom. The Morgan fingerprint density at radius 2 is 2.25 bits per heavy atom. The molecule has 0 aliphatic carbocycles. The van der Waals surface area contributed by atoms with Crippen LogP contribution in [0.5, 0.6) is 5.75 Å². The number of hydrogen-bond donors (Lipinski definition) is 1. The van der Waals surface area contributed by atoms with Crippen LogP contribution in [0.3, 0.4) is 0 Å². The second-order valence-corrected chi connectivity index (χ2v) is 4.65. The van der Waals surface area contributed by atoms with Crippen LogP contribution in [0.4, 0.5) is 11.4 Å². The fourth-order valence-electron chi connectivity index (χ4n) is 2.54. The van der Waals surface area contributed by atoms with E-state index in [0.717, 1.165) is 43.4 Å². The maximum Gasteiger partial charge on any atom is 0.142 e. The molecule has 16 heavy (non-hydrogen) atoms. The summed E-state index contributed by atoms with van der Waals surface area (Å²) < 4.78 is 5.77. The first kappa shape index (κ1) is 9.78. The molecule has 0 unspecified atom stereocenters. The van der Waals surface area contributed by atoms with Crippen LogP contribution in [-0.2, 0) is 0 Å². The third kappa shape index (κ3) is 1.50. The van der Waals surface area contributed by atoms with Crippen molar-refractivity contribution < 1.29 is 4.74 Å². The SMILES string of the molecule is CN1CCN2c3cc(N)ccc3OC[C@@H]2C1. The summed E-state index contributed by atoms with van der Waals surface area (Å²) in [7, 11) is 2.16. The first-order valence-electron chi connectivity index (χ1n) is 5.71. The molecule has 0 saturated carbocycles. The quantitative estimate of drug-likeness (QED) is 0.655. The number of benzene rings is 1. The van der Waals surface area contributed by atoms with Crippen LogP contribution in [0, 0.1) is 0 Å². The molecule has 2 N–H and O–H groups in total. The van der Waals surface area contributed by atoms with Gasteiger partial charge in [-0.3, -0.25) is 0 Å². The first-order chi connectivity index (χ1) is 7.74. The van der Waals surface area contributed by atoms with E-state index >= 15 is 0 Å². The van der Waals surface area contributed by atoms with Crippen molar-refractivity contribution >= 4 is 11.4 Å². The van der Waals surface area contributed by atoms with Gasteiger partial charge in [0.25, 0.3) is 0 Å². The Kier molecular flexibility index (Phi) is 2.17. The molecular weight excluding hydrogens is 202 g/mol. The summed E-state index contributed by atoms with van der Waals surface area (Å²) >= 11 is 0. The first-order valence-corrected chi connectivity index (χ1v) is 5.71. The molecule has 1 saturated heterocycles. The molecule has 4 heteroatoms. The minimum Gasteiger partial charge on any atom is -0.489 e. The summed E-state index contributed by atoms with van der Waals surface area (Å²) in [6.45, 7) is 4.00. The summed E-state index contributed by atoms with van der Waals surface area (Å²) in [5.74, 6) is 0.968. The van der Waals surface area contributed by atoms with Crippen LogP contribution in [0.25, 0.3) is 0 Å². The Balaban J connectivity index is 1.96. The Morgan fingerprint density at radius 3 is 3.12 bits per heavy atom. The number of rotatable bonds is 0. The van der Waals surface area contributed by atoms with Gasteiger partial charge in [0, 0.05) is 25.3 Å². The van der Waals surface area contributed by atoms with Crippen LogP contribution in [0.1, 0.15) is 0 Å². The molecule has 3 rings (SSSR count). The zero-order valence-electron chi connectivity index (χ0n) is 9.52. The molecule has 1 fully saturated rings. The highest BCUT2D eigenvalue weighted by molar-refractivity contribution is 5.66. The molecule has 86 valence electrons. The number of hydrogen-bond acceptors (Lipinski definition) is 4. The number of anilines is 2. The zero-order chi connectivity index (χ0) is 11.1. The van der Waals surface area contributed by atoms with Crippen molar-refractivity contribution in [1.29, 1.82) is 0 Å². The van der Waals surface area contributed by atoms with Crippen molar-refractivity contribution in [2.75, 3.05) is 43.9 Å². The summed E-state index contributed by atoms with van der Waals surface area (Å²) in [4.78, 5) is 4.77. The molecule has 1 aromatic carbocycles. The lowest BCUT2D eigenvalue weighted by Gasteiger charge is -2.44. The van der Waals surface area contributed by atoms with Crippen LogP contribution in [-0.4, -0.2) is 44.2 Å². The second kappa shape index (κ2) is 3.56. The van der Waals surface area contributed by atoms with Gasteiger partial charge in [0.2, 0.25) is 0 Å². The molecule has 0 spiro atoms.